The van der Waals surface area contributed by atoms with Crippen LogP contribution in [0.4, 0.5) is 5.69 Å². The van der Waals surface area contributed by atoms with E-state index in [0.29, 0.717) is 24.5 Å². The first-order valence-corrected chi connectivity index (χ1v) is 6.31. The van der Waals surface area contributed by atoms with E-state index in [1.807, 2.05) is 19.0 Å². The van der Waals surface area contributed by atoms with Crippen LogP contribution < -0.4 is 4.48 Å². The maximum atomic E-state index is 10.8. The summed E-state index contributed by atoms with van der Waals surface area (Å²) >= 11 is 5.80. The van der Waals surface area contributed by atoms with Crippen molar-refractivity contribution in [3.8, 4) is 0 Å². The van der Waals surface area contributed by atoms with Crippen molar-refractivity contribution in [3.63, 3.8) is 0 Å². The molecule has 8 nitrogen and oxygen atoms in total. The molecule has 20 heavy (non-hydrogen) atoms. The zero-order valence-electron chi connectivity index (χ0n) is 11.5. The number of quaternary nitrogens is 1. The number of guanidine groups is 1. The minimum Gasteiger partial charge on any atom is -0.296 e. The van der Waals surface area contributed by atoms with Gasteiger partial charge in [-0.1, -0.05) is 11.6 Å². The highest BCUT2D eigenvalue weighted by Crippen LogP contribution is 2.26. The molecule has 0 bridgehead atoms. The summed E-state index contributed by atoms with van der Waals surface area (Å²) in [5, 5.41) is 14.1. The lowest BCUT2D eigenvalue weighted by Crippen LogP contribution is -2.67. The van der Waals surface area contributed by atoms with E-state index in [4.69, 9.17) is 11.6 Å². The predicted octanol–water partition coefficient (Wildman–Crippen LogP) is 1.01. The molecular weight excluding hydrogens is 284 g/mol. The van der Waals surface area contributed by atoms with Gasteiger partial charge in [0, 0.05) is 13.1 Å². The molecule has 0 N–H and O–H groups in total. The topological polar surface area (TPSA) is 74.9 Å². The molecule has 2 heterocycles. The summed E-state index contributed by atoms with van der Waals surface area (Å²) in [6.07, 6.45) is 1.62. The third-order valence-electron chi connectivity index (χ3n) is 3.21. The van der Waals surface area contributed by atoms with E-state index in [-0.39, 0.29) is 4.48 Å². The number of pyridine rings is 1. The summed E-state index contributed by atoms with van der Waals surface area (Å²) in [6, 6.07) is 3.47. The number of aromatic nitrogens is 1. The second kappa shape index (κ2) is 5.31. The van der Waals surface area contributed by atoms with Gasteiger partial charge in [0.1, 0.15) is 16.9 Å². The van der Waals surface area contributed by atoms with E-state index in [1.165, 1.54) is 0 Å². The second-order valence-corrected chi connectivity index (χ2v) is 5.39. The van der Waals surface area contributed by atoms with Crippen LogP contribution in [0.15, 0.2) is 23.4 Å². The number of hydrogen-bond donors (Lipinski definition) is 0. The number of nitrogens with zero attached hydrogens (tertiary/aromatic N) is 6. The van der Waals surface area contributed by atoms with Gasteiger partial charge >= 0.3 is 5.96 Å². The Morgan fingerprint density at radius 2 is 2.20 bits per heavy atom. The Kier molecular flexibility index (Phi) is 3.89. The van der Waals surface area contributed by atoms with Gasteiger partial charge in [0.2, 0.25) is 0 Å². The Balaban J connectivity index is 2.51. The monoisotopic (exact) mass is 299 g/mol. The summed E-state index contributed by atoms with van der Waals surface area (Å²) in [5.41, 5.74) is 0.786. The number of rotatable bonds is 2. The highest BCUT2D eigenvalue weighted by atomic mass is 35.5. The number of hydrogen-bond acceptors (Lipinski definition) is 4. The van der Waals surface area contributed by atoms with Crippen LogP contribution in [-0.4, -0.2) is 60.3 Å². The molecule has 0 saturated carbocycles. The Bertz CT molecular complexity index is 548. The van der Waals surface area contributed by atoms with Crippen molar-refractivity contribution in [1.29, 1.82) is 0 Å². The van der Waals surface area contributed by atoms with Crippen LogP contribution in [0.3, 0.4) is 0 Å². The number of hydrazone groups is 1. The maximum Gasteiger partial charge on any atom is 0.377 e. The third kappa shape index (κ3) is 2.72. The quantitative estimate of drug-likeness (QED) is 0.353. The molecule has 9 heteroatoms. The van der Waals surface area contributed by atoms with Crippen LogP contribution in [0.1, 0.15) is 0 Å². The minimum atomic E-state index is -0.670. The highest BCUT2D eigenvalue weighted by molar-refractivity contribution is 6.29. The van der Waals surface area contributed by atoms with Crippen molar-refractivity contribution in [2.24, 2.45) is 5.10 Å². The molecule has 1 aliphatic heterocycles. The molecule has 0 aliphatic carbocycles. The van der Waals surface area contributed by atoms with E-state index >= 15 is 0 Å². The maximum absolute atomic E-state index is 10.8. The van der Waals surface area contributed by atoms with Gasteiger partial charge in [0.25, 0.3) is 0 Å². The van der Waals surface area contributed by atoms with Gasteiger partial charge in [-0.05, 0) is 13.1 Å². The average Bonchev–Trinajstić information content (AvgIpc) is 2.34. The normalized spacial score (nSPS) is 26.0. The molecule has 0 aromatic carbocycles. The summed E-state index contributed by atoms with van der Waals surface area (Å²) in [5.74, 6) is 0.359. The molecule has 1 fully saturated rings. The first kappa shape index (κ1) is 14.6. The smallest absolute Gasteiger partial charge is 0.296 e. The van der Waals surface area contributed by atoms with Crippen molar-refractivity contribution < 1.29 is 5.03 Å². The zero-order chi connectivity index (χ0) is 14.9. The molecule has 1 aliphatic rings. The lowest BCUT2D eigenvalue weighted by atomic mass is 10.3. The van der Waals surface area contributed by atoms with Gasteiger partial charge < -0.3 is 0 Å². The van der Waals surface area contributed by atoms with E-state index in [0.717, 1.165) is 5.69 Å². The van der Waals surface area contributed by atoms with Crippen LogP contribution in [0.5, 0.6) is 0 Å². The first-order chi connectivity index (χ1) is 9.33. The third-order valence-corrected chi connectivity index (χ3v) is 3.44. The number of nitro groups is 1. The van der Waals surface area contributed by atoms with E-state index in [2.05, 4.69) is 10.1 Å². The molecule has 0 radical (unpaired) electrons. The van der Waals surface area contributed by atoms with Crippen molar-refractivity contribution >= 4 is 23.2 Å². The van der Waals surface area contributed by atoms with Crippen molar-refractivity contribution in [2.75, 3.05) is 34.5 Å². The van der Waals surface area contributed by atoms with Crippen LogP contribution >= 0.6 is 11.6 Å². The fraction of sp³-hybridized carbons (Fsp3) is 0.455. The van der Waals surface area contributed by atoms with E-state index in [1.54, 1.807) is 30.3 Å². The molecule has 1 saturated heterocycles. The lowest BCUT2D eigenvalue weighted by Gasteiger charge is -2.43. The van der Waals surface area contributed by atoms with Crippen LogP contribution in [-0.2, 0) is 0 Å². The summed E-state index contributed by atoms with van der Waals surface area (Å²) < 4.78 is 0.165. The average molecular weight is 300 g/mol. The Labute approximate surface area is 121 Å². The molecule has 1 aromatic heterocycles. The van der Waals surface area contributed by atoms with Crippen molar-refractivity contribution in [2.45, 2.75) is 0 Å². The van der Waals surface area contributed by atoms with Gasteiger partial charge in [-0.15, -0.1) is 0 Å². The number of halogens is 1. The largest absolute Gasteiger partial charge is 0.377 e. The SMILES string of the molecule is CN1CN(C)C(=N[N+](=O)[O-])[N+](C)(c2ccc(Cl)nc2)C1. The van der Waals surface area contributed by atoms with Gasteiger partial charge in [0.05, 0.1) is 19.9 Å². The Morgan fingerprint density at radius 1 is 1.50 bits per heavy atom. The van der Waals surface area contributed by atoms with Crippen LogP contribution in [0.25, 0.3) is 0 Å². The minimum absolute atomic E-state index is 0.165. The molecule has 0 spiro atoms. The summed E-state index contributed by atoms with van der Waals surface area (Å²) in [6.45, 7) is 1.13. The molecule has 108 valence electrons. The van der Waals surface area contributed by atoms with Gasteiger partial charge in [-0.25, -0.2) is 24.5 Å². The fourth-order valence-corrected chi connectivity index (χ4v) is 2.61. The van der Waals surface area contributed by atoms with Gasteiger partial charge in [-0.3, -0.25) is 4.90 Å². The van der Waals surface area contributed by atoms with Gasteiger partial charge in [-0.2, -0.15) is 0 Å². The molecule has 0 amide bonds. The van der Waals surface area contributed by atoms with Gasteiger partial charge in [0.15, 0.2) is 10.7 Å². The predicted molar refractivity (Wildman–Crippen MR) is 76.7 cm³/mol. The summed E-state index contributed by atoms with van der Waals surface area (Å²) in [4.78, 5) is 18.7. The highest BCUT2D eigenvalue weighted by Gasteiger charge is 2.43. The molecular formula is C11H16ClN6O2+. The molecule has 1 aromatic rings. The van der Waals surface area contributed by atoms with Crippen molar-refractivity contribution in [3.05, 3.63) is 33.6 Å². The first-order valence-electron chi connectivity index (χ1n) is 5.94. The van der Waals surface area contributed by atoms with Crippen LogP contribution in [0.2, 0.25) is 5.15 Å². The standard InChI is InChI=1S/C11H16ClN6O2/c1-15-7-16(2)11(14-17(19)20)18(3,8-15)9-4-5-10(12)13-6-9/h4-6H,7-8H2,1-3H3/q+1. The molecule has 2 rings (SSSR count). The van der Waals surface area contributed by atoms with E-state index < -0.39 is 5.03 Å². The Hall–Kier alpha value is -1.77. The van der Waals surface area contributed by atoms with Crippen LogP contribution in [0, 0.1) is 10.1 Å². The molecule has 1 unspecified atom stereocenters. The lowest BCUT2D eigenvalue weighted by molar-refractivity contribution is -0.486. The fourth-order valence-electron chi connectivity index (χ4n) is 2.50. The summed E-state index contributed by atoms with van der Waals surface area (Å²) in [7, 11) is 5.58. The molecule has 1 atom stereocenters. The van der Waals surface area contributed by atoms with Crippen molar-refractivity contribution in [1.82, 2.24) is 19.3 Å². The second-order valence-electron chi connectivity index (χ2n) is 5.01. The Morgan fingerprint density at radius 3 is 2.75 bits per heavy atom. The van der Waals surface area contributed by atoms with E-state index in [9.17, 15) is 10.1 Å². The zero-order valence-corrected chi connectivity index (χ0v) is 12.3.